The maximum Gasteiger partial charge on any atom is 0.254 e. The third kappa shape index (κ3) is 3.44. The average molecular weight is 330 g/mol. The minimum atomic E-state index is 0.0989. The van der Waals surface area contributed by atoms with Crippen LogP contribution in [0.3, 0.4) is 0 Å². The highest BCUT2D eigenvalue weighted by atomic mass is 16.2. The molecule has 0 unspecified atom stereocenters. The second-order valence-corrected chi connectivity index (χ2v) is 7.03. The van der Waals surface area contributed by atoms with Crippen LogP contribution in [0, 0.1) is 0 Å². The first-order valence-corrected chi connectivity index (χ1v) is 8.47. The van der Waals surface area contributed by atoms with Crippen molar-refractivity contribution in [1.29, 1.82) is 0 Å². The van der Waals surface area contributed by atoms with Gasteiger partial charge in [0.05, 0.1) is 6.54 Å². The SMILES string of the molecule is CN(C)CC(=O)N1CCN(C(=O)c2cccc3c2CN(C)C3)CC1. The van der Waals surface area contributed by atoms with Crippen LogP contribution in [0.25, 0.3) is 0 Å². The Hall–Kier alpha value is -1.92. The topological polar surface area (TPSA) is 47.1 Å². The van der Waals surface area contributed by atoms with E-state index in [1.165, 1.54) is 5.56 Å². The Morgan fingerprint density at radius 3 is 2.38 bits per heavy atom. The molecule has 2 heterocycles. The van der Waals surface area contributed by atoms with Gasteiger partial charge in [0, 0.05) is 44.8 Å². The Kier molecular flexibility index (Phi) is 4.87. The van der Waals surface area contributed by atoms with E-state index < -0.39 is 0 Å². The Morgan fingerprint density at radius 2 is 1.71 bits per heavy atom. The molecule has 0 aliphatic carbocycles. The van der Waals surface area contributed by atoms with Gasteiger partial charge in [0.1, 0.15) is 0 Å². The van der Waals surface area contributed by atoms with Crippen LogP contribution in [0.2, 0.25) is 0 Å². The molecule has 24 heavy (non-hydrogen) atoms. The van der Waals surface area contributed by atoms with E-state index in [1.54, 1.807) is 0 Å². The molecule has 0 radical (unpaired) electrons. The van der Waals surface area contributed by atoms with Gasteiger partial charge >= 0.3 is 0 Å². The number of piperazine rings is 1. The predicted octanol–water partition coefficient (Wildman–Crippen LogP) is 0.478. The molecule has 0 spiro atoms. The van der Waals surface area contributed by atoms with Gasteiger partial charge in [0.2, 0.25) is 5.91 Å². The van der Waals surface area contributed by atoms with Gasteiger partial charge in [-0.1, -0.05) is 12.1 Å². The summed E-state index contributed by atoms with van der Waals surface area (Å²) in [5.74, 6) is 0.233. The van der Waals surface area contributed by atoms with Crippen LogP contribution in [-0.4, -0.2) is 85.3 Å². The minimum absolute atomic E-state index is 0.0989. The summed E-state index contributed by atoms with van der Waals surface area (Å²) in [6, 6.07) is 6.01. The van der Waals surface area contributed by atoms with Crippen LogP contribution in [0.4, 0.5) is 0 Å². The number of likely N-dealkylation sites (N-methyl/N-ethyl adjacent to an activating group) is 1. The van der Waals surface area contributed by atoms with Crippen LogP contribution in [0.5, 0.6) is 0 Å². The van der Waals surface area contributed by atoms with Gasteiger partial charge in [-0.05, 0) is 38.3 Å². The van der Waals surface area contributed by atoms with E-state index >= 15 is 0 Å². The van der Waals surface area contributed by atoms with Gasteiger partial charge in [-0.3, -0.25) is 14.5 Å². The summed E-state index contributed by atoms with van der Waals surface area (Å²) in [6.07, 6.45) is 0. The molecule has 2 amide bonds. The standard InChI is InChI=1S/C18H26N4O2/c1-19(2)13-17(23)21-7-9-22(10-8-21)18(24)15-6-4-5-14-11-20(3)12-16(14)15/h4-6H,7-13H2,1-3H3. The van der Waals surface area contributed by atoms with Crippen molar-refractivity contribution in [2.45, 2.75) is 13.1 Å². The lowest BCUT2D eigenvalue weighted by atomic mass is 10.0. The Balaban J connectivity index is 1.65. The molecular weight excluding hydrogens is 304 g/mol. The first-order valence-electron chi connectivity index (χ1n) is 8.47. The normalized spacial score (nSPS) is 18.2. The van der Waals surface area contributed by atoms with Gasteiger partial charge in [0.15, 0.2) is 0 Å². The molecule has 1 aromatic carbocycles. The van der Waals surface area contributed by atoms with E-state index in [9.17, 15) is 9.59 Å². The van der Waals surface area contributed by atoms with Crippen LogP contribution in [0.1, 0.15) is 21.5 Å². The summed E-state index contributed by atoms with van der Waals surface area (Å²) in [5.41, 5.74) is 3.24. The van der Waals surface area contributed by atoms with Crippen molar-refractivity contribution in [3.63, 3.8) is 0 Å². The summed E-state index contributed by atoms with van der Waals surface area (Å²) < 4.78 is 0. The summed E-state index contributed by atoms with van der Waals surface area (Å²) in [5, 5.41) is 0. The van der Waals surface area contributed by atoms with Gasteiger partial charge in [-0.15, -0.1) is 0 Å². The molecule has 0 N–H and O–H groups in total. The number of rotatable bonds is 3. The largest absolute Gasteiger partial charge is 0.338 e. The summed E-state index contributed by atoms with van der Waals surface area (Å²) in [6.45, 7) is 4.62. The number of hydrogen-bond acceptors (Lipinski definition) is 4. The quantitative estimate of drug-likeness (QED) is 0.809. The number of hydrogen-bond donors (Lipinski definition) is 0. The highest BCUT2D eigenvalue weighted by molar-refractivity contribution is 5.96. The first-order chi connectivity index (χ1) is 11.5. The number of carbonyl (C=O) groups excluding carboxylic acids is 2. The molecule has 0 aromatic heterocycles. The van der Waals surface area contributed by atoms with E-state index in [0.717, 1.165) is 24.2 Å². The lowest BCUT2D eigenvalue weighted by Crippen LogP contribution is -2.52. The van der Waals surface area contributed by atoms with Crippen LogP contribution < -0.4 is 0 Å². The molecule has 0 atom stereocenters. The molecule has 2 aliphatic heterocycles. The molecule has 1 saturated heterocycles. The number of nitrogens with zero attached hydrogens (tertiary/aromatic N) is 4. The minimum Gasteiger partial charge on any atom is -0.338 e. The smallest absolute Gasteiger partial charge is 0.254 e. The van der Waals surface area contributed by atoms with Crippen molar-refractivity contribution in [2.75, 3.05) is 53.9 Å². The predicted molar refractivity (Wildman–Crippen MR) is 92.7 cm³/mol. The average Bonchev–Trinajstić information content (AvgIpc) is 2.93. The van der Waals surface area contributed by atoms with E-state index in [0.29, 0.717) is 32.7 Å². The van der Waals surface area contributed by atoms with Crippen molar-refractivity contribution in [1.82, 2.24) is 19.6 Å². The van der Waals surface area contributed by atoms with Crippen LogP contribution >= 0.6 is 0 Å². The van der Waals surface area contributed by atoms with Crippen molar-refractivity contribution in [3.8, 4) is 0 Å². The number of benzene rings is 1. The van der Waals surface area contributed by atoms with Gasteiger partial charge in [-0.2, -0.15) is 0 Å². The van der Waals surface area contributed by atoms with Crippen molar-refractivity contribution < 1.29 is 9.59 Å². The van der Waals surface area contributed by atoms with E-state index in [4.69, 9.17) is 0 Å². The second kappa shape index (κ2) is 6.91. The summed E-state index contributed by atoms with van der Waals surface area (Å²) >= 11 is 0. The highest BCUT2D eigenvalue weighted by Crippen LogP contribution is 2.26. The molecule has 0 bridgehead atoms. The lowest BCUT2D eigenvalue weighted by Gasteiger charge is -2.35. The third-order valence-electron chi connectivity index (χ3n) is 4.74. The van der Waals surface area contributed by atoms with Crippen molar-refractivity contribution in [3.05, 3.63) is 34.9 Å². The maximum absolute atomic E-state index is 12.9. The van der Waals surface area contributed by atoms with Gasteiger partial charge in [-0.25, -0.2) is 0 Å². The molecule has 1 aromatic rings. The van der Waals surface area contributed by atoms with Crippen molar-refractivity contribution in [2.24, 2.45) is 0 Å². The lowest BCUT2D eigenvalue weighted by molar-refractivity contribution is -0.133. The summed E-state index contributed by atoms with van der Waals surface area (Å²) in [4.78, 5) is 32.9. The fourth-order valence-electron chi connectivity index (χ4n) is 3.49. The van der Waals surface area contributed by atoms with Crippen LogP contribution in [0.15, 0.2) is 18.2 Å². The Bertz CT molecular complexity index is 636. The molecule has 0 saturated carbocycles. The maximum atomic E-state index is 12.9. The fraction of sp³-hybridized carbons (Fsp3) is 0.556. The van der Waals surface area contributed by atoms with Gasteiger partial charge in [0.25, 0.3) is 5.91 Å². The highest BCUT2D eigenvalue weighted by Gasteiger charge is 2.28. The molecular formula is C18H26N4O2. The zero-order valence-corrected chi connectivity index (χ0v) is 14.8. The molecule has 1 fully saturated rings. The zero-order valence-electron chi connectivity index (χ0n) is 14.8. The molecule has 6 heteroatoms. The summed E-state index contributed by atoms with van der Waals surface area (Å²) in [7, 11) is 5.86. The van der Waals surface area contributed by atoms with Gasteiger partial charge < -0.3 is 14.7 Å². The van der Waals surface area contributed by atoms with E-state index in [1.807, 2.05) is 40.9 Å². The van der Waals surface area contributed by atoms with Crippen molar-refractivity contribution >= 4 is 11.8 Å². The number of amides is 2. The third-order valence-corrected chi connectivity index (χ3v) is 4.74. The number of carbonyl (C=O) groups is 2. The Labute approximate surface area is 143 Å². The number of fused-ring (bicyclic) bond motifs is 1. The molecule has 3 rings (SSSR count). The van der Waals surface area contributed by atoms with E-state index in [2.05, 4.69) is 18.0 Å². The first kappa shape index (κ1) is 16.9. The zero-order chi connectivity index (χ0) is 17.3. The molecule has 2 aliphatic rings. The second-order valence-electron chi connectivity index (χ2n) is 7.03. The fourth-order valence-corrected chi connectivity index (χ4v) is 3.49. The molecule has 130 valence electrons. The van der Waals surface area contributed by atoms with E-state index in [-0.39, 0.29) is 11.8 Å². The molecule has 6 nitrogen and oxygen atoms in total. The Morgan fingerprint density at radius 1 is 1.04 bits per heavy atom. The monoisotopic (exact) mass is 330 g/mol. The van der Waals surface area contributed by atoms with Crippen LogP contribution in [-0.2, 0) is 17.9 Å².